The van der Waals surface area contributed by atoms with Crippen molar-refractivity contribution in [2.75, 3.05) is 0 Å². The van der Waals surface area contributed by atoms with E-state index in [1.807, 2.05) is 0 Å². The Kier molecular flexibility index (Phi) is 2.55. The Bertz CT molecular complexity index is 688. The summed E-state index contributed by atoms with van der Waals surface area (Å²) in [6.07, 6.45) is -1.73. The second-order valence-corrected chi connectivity index (χ2v) is 4.79. The minimum Gasteiger partial charge on any atom is -0.427 e. The van der Waals surface area contributed by atoms with Crippen LogP contribution in [0.15, 0.2) is 48.5 Å². The quantitative estimate of drug-likeness (QED) is 0.792. The van der Waals surface area contributed by atoms with E-state index >= 15 is 0 Å². The number of cyclic esters (lactones) is 2. The number of benzene rings is 2. The Morgan fingerprint density at radius 2 is 1.14 bits per heavy atom. The van der Waals surface area contributed by atoms with Gasteiger partial charge in [-0.2, -0.15) is 0 Å². The first-order valence-electron chi connectivity index (χ1n) is 6.49. The molecule has 2 aliphatic heterocycles. The minimum atomic E-state index is -0.863. The molecule has 21 heavy (non-hydrogen) atoms. The Labute approximate surface area is 120 Å². The van der Waals surface area contributed by atoms with Gasteiger partial charge in [-0.25, -0.2) is 9.59 Å². The van der Waals surface area contributed by atoms with Crippen molar-refractivity contribution < 1.29 is 23.8 Å². The summed E-state index contributed by atoms with van der Waals surface area (Å²) in [7, 11) is 0. The van der Waals surface area contributed by atoms with Gasteiger partial charge < -0.3 is 9.47 Å². The lowest BCUT2D eigenvalue weighted by Crippen LogP contribution is -2.10. The summed E-state index contributed by atoms with van der Waals surface area (Å²) < 4.78 is 16.1. The fourth-order valence-electron chi connectivity index (χ4n) is 2.54. The highest BCUT2D eigenvalue weighted by Gasteiger charge is 2.38. The van der Waals surface area contributed by atoms with Gasteiger partial charge >= 0.3 is 11.9 Å². The van der Waals surface area contributed by atoms with Crippen LogP contribution in [0, 0.1) is 0 Å². The van der Waals surface area contributed by atoms with Crippen molar-refractivity contribution in [3.05, 3.63) is 70.8 Å². The van der Waals surface area contributed by atoms with Crippen molar-refractivity contribution in [3.8, 4) is 0 Å². The zero-order chi connectivity index (χ0) is 14.4. The first-order valence-corrected chi connectivity index (χ1v) is 6.49. The molecule has 0 aromatic heterocycles. The average Bonchev–Trinajstić information content (AvgIpc) is 3.00. The molecule has 2 aromatic carbocycles. The lowest BCUT2D eigenvalue weighted by Gasteiger charge is -2.17. The Morgan fingerprint density at radius 1 is 0.714 bits per heavy atom. The van der Waals surface area contributed by atoms with E-state index in [0.717, 1.165) is 0 Å². The van der Waals surface area contributed by atoms with E-state index in [9.17, 15) is 9.59 Å². The number of carbonyl (C=O) groups excluding carboxylic acids is 2. The standard InChI is InChI=1S/C16H10O5/c17-13-9-5-1-3-7-11(9)15(19-13)21-16-12-8-4-2-6-10(12)14(18)20-16/h1-8,15-16H/t15-,16-/m1/s1. The number of hydrogen-bond acceptors (Lipinski definition) is 5. The first-order chi connectivity index (χ1) is 10.2. The van der Waals surface area contributed by atoms with Gasteiger partial charge in [0.15, 0.2) is 0 Å². The summed E-state index contributed by atoms with van der Waals surface area (Å²) in [5.41, 5.74) is 2.23. The second-order valence-electron chi connectivity index (χ2n) is 4.79. The molecule has 0 aliphatic carbocycles. The van der Waals surface area contributed by atoms with Gasteiger partial charge in [-0.15, -0.1) is 0 Å². The van der Waals surface area contributed by atoms with E-state index in [2.05, 4.69) is 0 Å². The highest BCUT2D eigenvalue weighted by molar-refractivity contribution is 5.94. The maximum atomic E-state index is 11.7. The molecule has 0 N–H and O–H groups in total. The van der Waals surface area contributed by atoms with Crippen molar-refractivity contribution >= 4 is 11.9 Å². The van der Waals surface area contributed by atoms with E-state index in [1.54, 1.807) is 48.5 Å². The van der Waals surface area contributed by atoms with Crippen molar-refractivity contribution in [1.29, 1.82) is 0 Å². The van der Waals surface area contributed by atoms with Gasteiger partial charge in [0.2, 0.25) is 12.6 Å². The molecule has 0 spiro atoms. The van der Waals surface area contributed by atoms with Gasteiger partial charge in [0.05, 0.1) is 11.1 Å². The molecule has 0 unspecified atom stereocenters. The second kappa shape index (κ2) is 4.43. The van der Waals surface area contributed by atoms with Crippen LogP contribution >= 0.6 is 0 Å². The number of esters is 2. The third-order valence-corrected chi connectivity index (χ3v) is 3.54. The van der Waals surface area contributed by atoms with Crippen molar-refractivity contribution in [2.24, 2.45) is 0 Å². The molecule has 2 heterocycles. The summed E-state index contributed by atoms with van der Waals surface area (Å²) in [4.78, 5) is 23.5. The Hall–Kier alpha value is -2.66. The van der Waals surface area contributed by atoms with Crippen molar-refractivity contribution in [3.63, 3.8) is 0 Å². The van der Waals surface area contributed by atoms with Crippen LogP contribution in [-0.2, 0) is 14.2 Å². The van der Waals surface area contributed by atoms with Crippen molar-refractivity contribution in [2.45, 2.75) is 12.6 Å². The number of fused-ring (bicyclic) bond motifs is 2. The summed E-state index contributed by atoms with van der Waals surface area (Å²) in [6, 6.07) is 14.0. The lowest BCUT2D eigenvalue weighted by molar-refractivity contribution is -0.206. The summed E-state index contributed by atoms with van der Waals surface area (Å²) >= 11 is 0. The number of hydrogen-bond donors (Lipinski definition) is 0. The van der Waals surface area contributed by atoms with E-state index < -0.39 is 24.5 Å². The highest BCUT2D eigenvalue weighted by atomic mass is 16.8. The van der Waals surface area contributed by atoms with Gasteiger partial charge in [0.1, 0.15) is 0 Å². The number of carbonyl (C=O) groups is 2. The first kappa shape index (κ1) is 12.1. The van der Waals surface area contributed by atoms with Crippen LogP contribution in [0.5, 0.6) is 0 Å². The largest absolute Gasteiger partial charge is 0.427 e. The van der Waals surface area contributed by atoms with Crippen LogP contribution < -0.4 is 0 Å². The zero-order valence-corrected chi connectivity index (χ0v) is 10.8. The van der Waals surface area contributed by atoms with Gasteiger partial charge in [-0.05, 0) is 12.1 Å². The molecule has 2 aromatic rings. The third-order valence-electron chi connectivity index (χ3n) is 3.54. The molecule has 2 aliphatic rings. The molecule has 2 atom stereocenters. The van der Waals surface area contributed by atoms with E-state index in [-0.39, 0.29) is 0 Å². The molecular formula is C16H10O5. The van der Waals surface area contributed by atoms with Crippen LogP contribution in [0.25, 0.3) is 0 Å². The van der Waals surface area contributed by atoms with Gasteiger partial charge in [-0.1, -0.05) is 36.4 Å². The SMILES string of the molecule is O=C1O[C@H](O[C@H]2OC(=O)c3ccccc32)c2ccccc21. The van der Waals surface area contributed by atoms with E-state index in [1.165, 1.54) is 0 Å². The van der Waals surface area contributed by atoms with E-state index in [0.29, 0.717) is 22.3 Å². The Morgan fingerprint density at radius 3 is 1.62 bits per heavy atom. The van der Waals surface area contributed by atoms with E-state index in [4.69, 9.17) is 14.2 Å². The topological polar surface area (TPSA) is 61.8 Å². The van der Waals surface area contributed by atoms with Gasteiger partial charge in [-0.3, -0.25) is 4.74 Å². The lowest BCUT2D eigenvalue weighted by atomic mass is 10.1. The number of ether oxygens (including phenoxy) is 3. The molecule has 104 valence electrons. The van der Waals surface area contributed by atoms with Gasteiger partial charge in [0, 0.05) is 11.1 Å². The summed E-state index contributed by atoms with van der Waals surface area (Å²) in [5, 5.41) is 0. The molecule has 0 bridgehead atoms. The van der Waals surface area contributed by atoms with Crippen LogP contribution in [0.1, 0.15) is 44.4 Å². The average molecular weight is 282 g/mol. The zero-order valence-electron chi connectivity index (χ0n) is 10.8. The smallest absolute Gasteiger partial charge is 0.341 e. The minimum absolute atomic E-state index is 0.437. The summed E-state index contributed by atoms with van der Waals surface area (Å²) in [6.45, 7) is 0. The molecule has 5 nitrogen and oxygen atoms in total. The molecular weight excluding hydrogens is 272 g/mol. The summed E-state index contributed by atoms with van der Waals surface area (Å²) in [5.74, 6) is -0.874. The third kappa shape index (κ3) is 1.82. The molecule has 0 saturated carbocycles. The molecule has 4 rings (SSSR count). The Balaban J connectivity index is 1.64. The molecule has 0 saturated heterocycles. The molecule has 0 fully saturated rings. The monoisotopic (exact) mass is 282 g/mol. The molecule has 0 amide bonds. The van der Waals surface area contributed by atoms with Crippen molar-refractivity contribution in [1.82, 2.24) is 0 Å². The predicted octanol–water partition coefficient (Wildman–Crippen LogP) is 2.74. The molecule has 5 heteroatoms. The maximum Gasteiger partial charge on any atom is 0.341 e. The van der Waals surface area contributed by atoms with Crippen LogP contribution in [0.3, 0.4) is 0 Å². The number of rotatable bonds is 2. The maximum absolute atomic E-state index is 11.7. The van der Waals surface area contributed by atoms with Crippen LogP contribution in [-0.4, -0.2) is 11.9 Å². The van der Waals surface area contributed by atoms with Crippen LogP contribution in [0.2, 0.25) is 0 Å². The predicted molar refractivity (Wildman–Crippen MR) is 70.3 cm³/mol. The highest BCUT2D eigenvalue weighted by Crippen LogP contribution is 2.39. The fourth-order valence-corrected chi connectivity index (χ4v) is 2.54. The normalized spacial score (nSPS) is 22.5. The molecule has 0 radical (unpaired) electrons. The fraction of sp³-hybridized carbons (Fsp3) is 0.125. The van der Waals surface area contributed by atoms with Gasteiger partial charge in [0.25, 0.3) is 0 Å². The van der Waals surface area contributed by atoms with Crippen LogP contribution in [0.4, 0.5) is 0 Å².